The summed E-state index contributed by atoms with van der Waals surface area (Å²) in [4.78, 5) is 25.5. The van der Waals surface area contributed by atoms with Crippen molar-refractivity contribution in [2.75, 3.05) is 13.1 Å². The van der Waals surface area contributed by atoms with Crippen molar-refractivity contribution in [1.29, 1.82) is 0 Å². The minimum Gasteiger partial charge on any atom is -0.356 e. The maximum absolute atomic E-state index is 12.0. The van der Waals surface area contributed by atoms with Crippen LogP contribution in [0.3, 0.4) is 0 Å². The van der Waals surface area contributed by atoms with E-state index in [1.165, 1.54) is 17.3 Å². The molecule has 1 aromatic rings. The van der Waals surface area contributed by atoms with Gasteiger partial charge >= 0.3 is 0 Å². The summed E-state index contributed by atoms with van der Waals surface area (Å²) in [6, 6.07) is 10.0. The van der Waals surface area contributed by atoms with Crippen LogP contribution in [0.2, 0.25) is 0 Å². The third-order valence-electron chi connectivity index (χ3n) is 3.52. The first kappa shape index (κ1) is 17.0. The summed E-state index contributed by atoms with van der Waals surface area (Å²) in [6.45, 7) is 2.95. The van der Waals surface area contributed by atoms with Crippen LogP contribution < -0.4 is 5.32 Å². The van der Waals surface area contributed by atoms with Crippen molar-refractivity contribution >= 4 is 40.1 Å². The number of nitrogens with zero attached hydrogens (tertiary/aromatic N) is 1. The van der Waals surface area contributed by atoms with Crippen molar-refractivity contribution in [2.45, 2.75) is 31.4 Å². The monoisotopic (exact) mass is 336 g/mol. The van der Waals surface area contributed by atoms with E-state index in [1.807, 2.05) is 37.3 Å². The van der Waals surface area contributed by atoms with Crippen molar-refractivity contribution in [1.82, 2.24) is 10.2 Å². The lowest BCUT2D eigenvalue weighted by molar-refractivity contribution is -0.126. The van der Waals surface area contributed by atoms with E-state index in [-0.39, 0.29) is 23.5 Å². The number of nitrogens with one attached hydrogen (secondary N) is 1. The number of carbonyl (C=O) groups is 2. The molecule has 1 saturated heterocycles. The number of carbonyl (C=O) groups excluding carboxylic acids is 2. The number of thiocarbonyl (C=S) groups is 1. The number of hydrogen-bond donors (Lipinski definition) is 1. The molecular formula is C16H20N2O2S2. The fourth-order valence-corrected chi connectivity index (χ4v) is 3.73. The number of hydrogen-bond acceptors (Lipinski definition) is 4. The van der Waals surface area contributed by atoms with Gasteiger partial charge in [-0.1, -0.05) is 61.2 Å². The summed E-state index contributed by atoms with van der Waals surface area (Å²) in [5.41, 5.74) is 1.20. The molecule has 0 aliphatic carbocycles. The van der Waals surface area contributed by atoms with Crippen LogP contribution in [0.4, 0.5) is 0 Å². The van der Waals surface area contributed by atoms with Gasteiger partial charge in [-0.2, -0.15) is 0 Å². The molecule has 22 heavy (non-hydrogen) atoms. The van der Waals surface area contributed by atoms with Gasteiger partial charge in [0.15, 0.2) is 0 Å². The zero-order valence-electron chi connectivity index (χ0n) is 12.6. The molecule has 2 rings (SSSR count). The predicted octanol–water partition coefficient (Wildman–Crippen LogP) is 2.37. The molecule has 0 saturated carbocycles. The van der Waals surface area contributed by atoms with E-state index in [9.17, 15) is 9.59 Å². The van der Waals surface area contributed by atoms with Crippen molar-refractivity contribution in [3.8, 4) is 0 Å². The largest absolute Gasteiger partial charge is 0.356 e. The average Bonchev–Trinajstić information content (AvgIpc) is 2.80. The Bertz CT molecular complexity index is 548. The van der Waals surface area contributed by atoms with Gasteiger partial charge in [0.2, 0.25) is 11.8 Å². The first-order chi connectivity index (χ1) is 10.6. The maximum Gasteiger partial charge on any atom is 0.241 e. The van der Waals surface area contributed by atoms with E-state index in [4.69, 9.17) is 12.2 Å². The second-order valence-electron chi connectivity index (χ2n) is 5.11. The summed E-state index contributed by atoms with van der Waals surface area (Å²) in [5.74, 6) is -0.00827. The molecule has 1 N–H and O–H groups in total. The summed E-state index contributed by atoms with van der Waals surface area (Å²) >= 11 is 6.63. The predicted molar refractivity (Wildman–Crippen MR) is 93.8 cm³/mol. The highest BCUT2D eigenvalue weighted by molar-refractivity contribution is 8.24. The van der Waals surface area contributed by atoms with Gasteiger partial charge in [-0.15, -0.1) is 0 Å². The molecule has 1 aromatic carbocycles. The van der Waals surface area contributed by atoms with E-state index in [1.54, 1.807) is 4.90 Å². The normalized spacial score (nSPS) is 17.9. The molecule has 1 unspecified atom stereocenters. The molecule has 6 heteroatoms. The number of benzene rings is 1. The van der Waals surface area contributed by atoms with Gasteiger partial charge in [0, 0.05) is 19.5 Å². The Hall–Kier alpha value is -1.40. The second kappa shape index (κ2) is 8.29. The maximum atomic E-state index is 12.0. The average molecular weight is 336 g/mol. The van der Waals surface area contributed by atoms with Crippen LogP contribution in [0.15, 0.2) is 30.3 Å². The topological polar surface area (TPSA) is 49.4 Å². The highest BCUT2D eigenvalue weighted by Crippen LogP contribution is 2.29. The molecule has 1 aliphatic rings. The van der Waals surface area contributed by atoms with Crippen LogP contribution in [-0.4, -0.2) is 39.4 Å². The van der Waals surface area contributed by atoms with Crippen molar-refractivity contribution < 1.29 is 9.59 Å². The van der Waals surface area contributed by atoms with Gasteiger partial charge in [0.1, 0.15) is 4.32 Å². The Morgan fingerprint density at radius 3 is 2.73 bits per heavy atom. The Morgan fingerprint density at radius 1 is 1.36 bits per heavy atom. The van der Waals surface area contributed by atoms with E-state index in [0.29, 0.717) is 17.4 Å². The molecule has 2 amide bonds. The minimum absolute atomic E-state index is 0.0367. The van der Waals surface area contributed by atoms with Crippen LogP contribution in [0.25, 0.3) is 0 Å². The zero-order valence-corrected chi connectivity index (χ0v) is 14.2. The highest BCUT2D eigenvalue weighted by atomic mass is 32.2. The van der Waals surface area contributed by atoms with Gasteiger partial charge in [-0.25, -0.2) is 0 Å². The summed E-state index contributed by atoms with van der Waals surface area (Å²) in [7, 11) is 0. The molecule has 0 bridgehead atoms. The Balaban J connectivity index is 1.69. The van der Waals surface area contributed by atoms with E-state index < -0.39 is 0 Å². The van der Waals surface area contributed by atoms with Gasteiger partial charge in [0.05, 0.1) is 5.25 Å². The summed E-state index contributed by atoms with van der Waals surface area (Å²) in [5, 5.41) is 2.81. The van der Waals surface area contributed by atoms with Crippen molar-refractivity contribution in [2.24, 2.45) is 0 Å². The smallest absolute Gasteiger partial charge is 0.241 e. The Kier molecular flexibility index (Phi) is 6.39. The molecular weight excluding hydrogens is 316 g/mol. The van der Waals surface area contributed by atoms with Gasteiger partial charge in [-0.3, -0.25) is 14.5 Å². The fourth-order valence-electron chi connectivity index (χ4n) is 2.25. The molecule has 1 fully saturated rings. The number of amides is 2. The Morgan fingerprint density at radius 2 is 2.09 bits per heavy atom. The molecule has 4 nitrogen and oxygen atoms in total. The minimum atomic E-state index is -0.0753. The third-order valence-corrected chi connectivity index (χ3v) is 5.27. The molecule has 0 spiro atoms. The first-order valence-corrected chi connectivity index (χ1v) is 8.73. The van der Waals surface area contributed by atoms with Crippen molar-refractivity contribution in [3.05, 3.63) is 35.9 Å². The quantitative estimate of drug-likeness (QED) is 0.777. The highest BCUT2D eigenvalue weighted by Gasteiger charge is 2.35. The standard InChI is InChI=1S/C16H20N2O2S2/c1-2-13-15(20)18(16(21)22-13)11-9-14(19)17-10-8-12-6-4-3-5-7-12/h3-7,13H,2,8-11H2,1H3,(H,17,19). The molecule has 1 heterocycles. The lowest BCUT2D eigenvalue weighted by Crippen LogP contribution is -2.35. The molecule has 1 aliphatic heterocycles. The van der Waals surface area contributed by atoms with Crippen LogP contribution in [-0.2, 0) is 16.0 Å². The summed E-state index contributed by atoms with van der Waals surface area (Å²) < 4.78 is 0.592. The van der Waals surface area contributed by atoms with Gasteiger partial charge in [0.25, 0.3) is 0 Å². The van der Waals surface area contributed by atoms with E-state index in [2.05, 4.69) is 5.32 Å². The summed E-state index contributed by atoms with van der Waals surface area (Å²) in [6.07, 6.45) is 1.86. The van der Waals surface area contributed by atoms with E-state index >= 15 is 0 Å². The van der Waals surface area contributed by atoms with Gasteiger partial charge < -0.3 is 5.32 Å². The van der Waals surface area contributed by atoms with Gasteiger partial charge in [-0.05, 0) is 18.4 Å². The third kappa shape index (κ3) is 4.55. The SMILES string of the molecule is CCC1SC(=S)N(CCC(=O)NCCc2ccccc2)C1=O. The molecule has 1 atom stereocenters. The first-order valence-electron chi connectivity index (χ1n) is 7.44. The fraction of sp³-hybridized carbons (Fsp3) is 0.438. The number of thioether (sulfide) groups is 1. The van der Waals surface area contributed by atoms with Crippen LogP contribution in [0, 0.1) is 0 Å². The van der Waals surface area contributed by atoms with Crippen molar-refractivity contribution in [3.63, 3.8) is 0 Å². The van der Waals surface area contributed by atoms with E-state index in [0.717, 1.165) is 12.8 Å². The zero-order chi connectivity index (χ0) is 15.9. The molecule has 118 valence electrons. The number of rotatable bonds is 7. The molecule has 0 radical (unpaired) electrons. The molecule has 0 aromatic heterocycles. The second-order valence-corrected chi connectivity index (χ2v) is 6.94. The lowest BCUT2D eigenvalue weighted by Gasteiger charge is -2.15. The lowest BCUT2D eigenvalue weighted by atomic mass is 10.1. The van der Waals surface area contributed by atoms with Crippen LogP contribution in [0.5, 0.6) is 0 Å². The Labute approximate surface area is 140 Å². The van der Waals surface area contributed by atoms with Crippen LogP contribution in [0.1, 0.15) is 25.3 Å². The van der Waals surface area contributed by atoms with Crippen LogP contribution >= 0.6 is 24.0 Å².